The third kappa shape index (κ3) is 9.09. The fourth-order valence-corrected chi connectivity index (χ4v) is 9.42. The van der Waals surface area contributed by atoms with Crippen molar-refractivity contribution in [2.24, 2.45) is 11.8 Å². The van der Waals surface area contributed by atoms with Crippen molar-refractivity contribution in [3.05, 3.63) is 111 Å². The van der Waals surface area contributed by atoms with Crippen LogP contribution in [0.4, 0.5) is 0 Å². The molecule has 4 atom stereocenters. The molecule has 4 aromatic carbocycles. The van der Waals surface area contributed by atoms with Crippen LogP contribution >= 0.6 is 11.6 Å². The number of ether oxygens (including phenoxy) is 8. The summed E-state index contributed by atoms with van der Waals surface area (Å²) in [5, 5.41) is 1.29. The van der Waals surface area contributed by atoms with Gasteiger partial charge in [0.15, 0.2) is 11.5 Å². The molecule has 1 saturated heterocycles. The standard InChI is InChI=1S/C50H50ClNO13/c1-27-40(59-4)19-30(20-41(27)60-5)46-36-23-42-43(64-26-63-42)24-37(36)48(38-25-62-50(57)47(38)46)65-45(55)17-16-44(54)61-18-8-6-7-9-32(53)21-34-28(2)52(39-15-14-33(58-3)22-35(34)39)49(56)29-10-12-31(51)13-11-29/h10-15,19-20,22-24,38,46-48H,6-9,16-18,21,25-26H2,1-5H3/t38?,46-,47+,48+/m0/s1. The first-order chi connectivity index (χ1) is 31.4. The van der Waals surface area contributed by atoms with E-state index in [2.05, 4.69) is 0 Å². The van der Waals surface area contributed by atoms with E-state index in [0.717, 1.165) is 22.1 Å². The van der Waals surface area contributed by atoms with Crippen molar-refractivity contribution in [3.8, 4) is 28.7 Å². The minimum absolute atomic E-state index is 0.0150. The lowest BCUT2D eigenvalue weighted by atomic mass is 9.66. The van der Waals surface area contributed by atoms with E-state index in [0.29, 0.717) is 87.4 Å². The molecular weight excluding hydrogens is 858 g/mol. The summed E-state index contributed by atoms with van der Waals surface area (Å²) in [6.07, 6.45) is 0.883. The molecular formula is C50H50ClNO13. The average molecular weight is 908 g/mol. The maximum Gasteiger partial charge on any atom is 0.310 e. The molecule has 1 aliphatic carbocycles. The maximum atomic E-state index is 13.6. The van der Waals surface area contributed by atoms with E-state index in [1.54, 1.807) is 62.3 Å². The third-order valence-corrected chi connectivity index (χ3v) is 12.9. The second kappa shape index (κ2) is 19.3. The van der Waals surface area contributed by atoms with Gasteiger partial charge >= 0.3 is 17.9 Å². The molecule has 5 aromatic rings. The van der Waals surface area contributed by atoms with Crippen LogP contribution < -0.4 is 23.7 Å². The molecule has 1 unspecified atom stereocenters. The van der Waals surface area contributed by atoms with Crippen molar-refractivity contribution in [3.63, 3.8) is 0 Å². The Morgan fingerprint density at radius 1 is 0.769 bits per heavy atom. The number of ketones is 1. The van der Waals surface area contributed by atoms with Gasteiger partial charge in [-0.25, -0.2) is 0 Å². The molecule has 15 heteroatoms. The number of rotatable bonds is 17. The Labute approximate surface area is 380 Å². The first-order valence-corrected chi connectivity index (χ1v) is 22.0. The number of carbonyl (C=O) groups is 5. The van der Waals surface area contributed by atoms with E-state index in [1.165, 1.54) is 0 Å². The molecule has 0 spiro atoms. The van der Waals surface area contributed by atoms with Crippen molar-refractivity contribution < 1.29 is 61.9 Å². The van der Waals surface area contributed by atoms with Gasteiger partial charge in [-0.3, -0.25) is 28.5 Å². The zero-order chi connectivity index (χ0) is 45.9. The number of cyclic esters (lactones) is 1. The fraction of sp³-hybridized carbons (Fsp3) is 0.380. The lowest BCUT2D eigenvalue weighted by Gasteiger charge is -2.38. The number of esters is 3. The van der Waals surface area contributed by atoms with Gasteiger partial charge in [-0.05, 0) is 117 Å². The van der Waals surface area contributed by atoms with Gasteiger partial charge in [0, 0.05) is 57.5 Å². The molecule has 65 heavy (non-hydrogen) atoms. The molecule has 0 amide bonds. The number of methoxy groups -OCH3 is 3. The van der Waals surface area contributed by atoms with Gasteiger partial charge < -0.3 is 37.9 Å². The monoisotopic (exact) mass is 907 g/mol. The van der Waals surface area contributed by atoms with Crippen molar-refractivity contribution >= 4 is 52.1 Å². The molecule has 2 aliphatic heterocycles. The van der Waals surface area contributed by atoms with E-state index < -0.39 is 41.8 Å². The van der Waals surface area contributed by atoms with E-state index in [1.807, 2.05) is 44.2 Å². The number of fused-ring (bicyclic) bond motifs is 4. The minimum atomic E-state index is -0.866. The molecule has 3 aliphatic rings. The Kier molecular flexibility index (Phi) is 13.4. The van der Waals surface area contributed by atoms with Crippen molar-refractivity contribution in [2.75, 3.05) is 41.3 Å². The van der Waals surface area contributed by atoms with Gasteiger partial charge in [0.1, 0.15) is 29.1 Å². The first kappa shape index (κ1) is 45.0. The highest BCUT2D eigenvalue weighted by atomic mass is 35.5. The molecule has 0 N–H and O–H groups in total. The maximum absolute atomic E-state index is 13.6. The van der Waals surface area contributed by atoms with Gasteiger partial charge in [-0.2, -0.15) is 0 Å². The molecule has 0 saturated carbocycles. The Balaban J connectivity index is 0.847. The minimum Gasteiger partial charge on any atom is -0.497 e. The van der Waals surface area contributed by atoms with Crippen LogP contribution in [-0.2, 0) is 39.8 Å². The van der Waals surface area contributed by atoms with Crippen LogP contribution in [0.2, 0.25) is 5.02 Å². The number of benzene rings is 4. The summed E-state index contributed by atoms with van der Waals surface area (Å²) in [5.74, 6) is -0.760. The summed E-state index contributed by atoms with van der Waals surface area (Å²) in [5.41, 5.74) is 5.52. The Bertz CT molecular complexity index is 2640. The SMILES string of the molecule is COc1ccc2c(c1)c(CC(=O)CCCCCOC(=O)CCC(=O)O[C@@H]1c3cc4c(cc3[C@H](c3cc(OC)c(C)c(OC)c3)[C@@H]3C(=O)OCC13)OCO4)c(C)n2C(=O)c1ccc(Cl)cc1. The second-order valence-corrected chi connectivity index (χ2v) is 16.9. The van der Waals surface area contributed by atoms with Crippen LogP contribution in [0.3, 0.4) is 0 Å². The fourth-order valence-electron chi connectivity index (χ4n) is 9.29. The number of hydrogen-bond donors (Lipinski definition) is 0. The summed E-state index contributed by atoms with van der Waals surface area (Å²) in [6, 6.07) is 19.5. The molecule has 0 bridgehead atoms. The third-order valence-electron chi connectivity index (χ3n) is 12.6. The molecule has 1 fully saturated rings. The highest BCUT2D eigenvalue weighted by Gasteiger charge is 2.54. The molecule has 14 nitrogen and oxygen atoms in total. The predicted octanol–water partition coefficient (Wildman–Crippen LogP) is 8.57. The predicted molar refractivity (Wildman–Crippen MR) is 237 cm³/mol. The van der Waals surface area contributed by atoms with Crippen LogP contribution in [0.1, 0.15) is 94.4 Å². The second-order valence-electron chi connectivity index (χ2n) is 16.4. The summed E-state index contributed by atoms with van der Waals surface area (Å²) in [4.78, 5) is 66.6. The largest absolute Gasteiger partial charge is 0.497 e. The molecule has 340 valence electrons. The average Bonchev–Trinajstić information content (AvgIpc) is 4.01. The Morgan fingerprint density at radius 2 is 1.46 bits per heavy atom. The summed E-state index contributed by atoms with van der Waals surface area (Å²) < 4.78 is 47.0. The zero-order valence-corrected chi connectivity index (χ0v) is 37.6. The lowest BCUT2D eigenvalue weighted by Crippen LogP contribution is -2.36. The number of carbonyl (C=O) groups excluding carboxylic acids is 5. The van der Waals surface area contributed by atoms with Crippen LogP contribution in [-0.4, -0.2) is 75.5 Å². The summed E-state index contributed by atoms with van der Waals surface area (Å²) in [6.45, 7) is 3.90. The van der Waals surface area contributed by atoms with Crippen LogP contribution in [0.25, 0.3) is 10.9 Å². The molecule has 0 radical (unpaired) electrons. The van der Waals surface area contributed by atoms with Gasteiger partial charge in [-0.15, -0.1) is 0 Å². The van der Waals surface area contributed by atoms with Gasteiger partial charge in [-0.1, -0.05) is 11.6 Å². The number of nitrogens with zero attached hydrogens (tertiary/aromatic N) is 1. The van der Waals surface area contributed by atoms with Crippen molar-refractivity contribution in [2.45, 2.75) is 70.8 Å². The number of halogens is 1. The van der Waals surface area contributed by atoms with Crippen LogP contribution in [0, 0.1) is 25.7 Å². The highest BCUT2D eigenvalue weighted by Crippen LogP contribution is 2.56. The quantitative estimate of drug-likeness (QED) is 0.0496. The Hall–Kier alpha value is -6.54. The highest BCUT2D eigenvalue weighted by molar-refractivity contribution is 6.30. The van der Waals surface area contributed by atoms with Crippen LogP contribution in [0.5, 0.6) is 28.7 Å². The van der Waals surface area contributed by atoms with Crippen molar-refractivity contribution in [1.82, 2.24) is 4.57 Å². The number of hydrogen-bond acceptors (Lipinski definition) is 13. The van der Waals surface area contributed by atoms with Gasteiger partial charge in [0.25, 0.3) is 5.91 Å². The number of aromatic nitrogens is 1. The van der Waals surface area contributed by atoms with Crippen molar-refractivity contribution in [1.29, 1.82) is 0 Å². The lowest BCUT2D eigenvalue weighted by molar-refractivity contribution is -0.157. The molecule has 1 aromatic heterocycles. The van der Waals surface area contributed by atoms with Gasteiger partial charge in [0.05, 0.1) is 58.8 Å². The van der Waals surface area contributed by atoms with E-state index in [-0.39, 0.29) is 51.0 Å². The summed E-state index contributed by atoms with van der Waals surface area (Å²) in [7, 11) is 4.71. The number of Topliss-reactive ketones (excluding diaryl/α,β-unsaturated/α-hetero) is 1. The van der Waals surface area contributed by atoms with E-state index in [4.69, 9.17) is 49.5 Å². The smallest absolute Gasteiger partial charge is 0.310 e. The topological polar surface area (TPSA) is 164 Å². The molecule has 8 rings (SSSR count). The van der Waals surface area contributed by atoms with Crippen LogP contribution in [0.15, 0.2) is 66.7 Å². The summed E-state index contributed by atoms with van der Waals surface area (Å²) >= 11 is 6.06. The zero-order valence-electron chi connectivity index (χ0n) is 36.9. The molecule has 3 heterocycles. The van der Waals surface area contributed by atoms with E-state index in [9.17, 15) is 24.0 Å². The normalized spacial score (nSPS) is 18.1. The Morgan fingerprint density at radius 3 is 2.15 bits per heavy atom. The first-order valence-electron chi connectivity index (χ1n) is 21.6. The van der Waals surface area contributed by atoms with Gasteiger partial charge in [0.2, 0.25) is 6.79 Å². The van der Waals surface area contributed by atoms with E-state index >= 15 is 0 Å². The number of unbranched alkanes of at least 4 members (excludes halogenated alkanes) is 2.